The highest BCUT2D eigenvalue weighted by atomic mass is 16.5. The molecule has 1 atom stereocenters. The molecule has 0 aromatic heterocycles. The lowest BCUT2D eigenvalue weighted by molar-refractivity contribution is 0.104. The van der Waals surface area contributed by atoms with Crippen LogP contribution in [0.3, 0.4) is 0 Å². The van der Waals surface area contributed by atoms with E-state index in [0.717, 1.165) is 5.75 Å². The summed E-state index contributed by atoms with van der Waals surface area (Å²) in [5.74, 6) is 6.85. The Kier molecular flexibility index (Phi) is 5.25. The van der Waals surface area contributed by atoms with Gasteiger partial charge in [-0.15, -0.1) is 0 Å². The van der Waals surface area contributed by atoms with Gasteiger partial charge < -0.3 is 9.64 Å². The van der Waals surface area contributed by atoms with Gasteiger partial charge in [0.25, 0.3) is 0 Å². The molecule has 0 bridgehead atoms. The van der Waals surface area contributed by atoms with E-state index in [4.69, 9.17) is 10.6 Å². The van der Waals surface area contributed by atoms with Gasteiger partial charge in [0, 0.05) is 5.54 Å². The van der Waals surface area contributed by atoms with Crippen molar-refractivity contribution in [3.8, 4) is 5.75 Å². The molecular weight excluding hydrogens is 262 g/mol. The molecule has 1 fully saturated rings. The molecule has 1 unspecified atom stereocenters. The number of hydrogen-bond acceptors (Lipinski definition) is 4. The largest absolute Gasteiger partial charge is 0.491 e. The van der Waals surface area contributed by atoms with Crippen LogP contribution in [0.25, 0.3) is 0 Å². The quantitative estimate of drug-likeness (QED) is 0.625. The molecular formula is C17H29N3O. The Hall–Kier alpha value is -1.10. The Morgan fingerprint density at radius 3 is 2.43 bits per heavy atom. The van der Waals surface area contributed by atoms with Gasteiger partial charge in [-0.2, -0.15) is 0 Å². The molecule has 1 aliphatic rings. The molecule has 1 saturated carbocycles. The number of rotatable bonds is 6. The maximum Gasteiger partial charge on any atom is 0.120 e. The second-order valence-corrected chi connectivity index (χ2v) is 6.54. The number of benzene rings is 1. The molecule has 0 aliphatic heterocycles. The average molecular weight is 291 g/mol. The van der Waals surface area contributed by atoms with Crippen molar-refractivity contribution in [2.75, 3.05) is 14.1 Å². The number of ether oxygens (including phenoxy) is 1. The van der Waals surface area contributed by atoms with Crippen molar-refractivity contribution in [1.29, 1.82) is 0 Å². The summed E-state index contributed by atoms with van der Waals surface area (Å²) in [5, 5.41) is 0. The summed E-state index contributed by atoms with van der Waals surface area (Å²) in [6.45, 7) is 4.09. The molecule has 21 heavy (non-hydrogen) atoms. The number of hydrogen-bond donors (Lipinski definition) is 2. The van der Waals surface area contributed by atoms with E-state index in [2.05, 4.69) is 42.6 Å². The average Bonchev–Trinajstić information content (AvgIpc) is 2.90. The molecule has 118 valence electrons. The fourth-order valence-corrected chi connectivity index (χ4v) is 3.58. The Labute approximate surface area is 128 Å². The Balaban J connectivity index is 2.32. The zero-order chi connectivity index (χ0) is 15.5. The van der Waals surface area contributed by atoms with Gasteiger partial charge in [0.1, 0.15) is 5.75 Å². The molecule has 0 saturated heterocycles. The van der Waals surface area contributed by atoms with Crippen molar-refractivity contribution in [2.24, 2.45) is 5.84 Å². The number of hydrazine groups is 1. The minimum atomic E-state index is 0.0885. The number of likely N-dealkylation sites (N-methyl/N-ethyl adjacent to an activating group) is 1. The lowest BCUT2D eigenvalue weighted by Gasteiger charge is -2.43. The monoisotopic (exact) mass is 291 g/mol. The minimum Gasteiger partial charge on any atom is -0.491 e. The predicted octanol–water partition coefficient (Wildman–Crippen LogP) is 2.85. The third kappa shape index (κ3) is 3.39. The van der Waals surface area contributed by atoms with Crippen molar-refractivity contribution >= 4 is 0 Å². The molecule has 0 radical (unpaired) electrons. The second-order valence-electron chi connectivity index (χ2n) is 6.54. The topological polar surface area (TPSA) is 50.5 Å². The van der Waals surface area contributed by atoms with Gasteiger partial charge in [-0.25, -0.2) is 0 Å². The van der Waals surface area contributed by atoms with Crippen LogP contribution in [0.15, 0.2) is 24.3 Å². The minimum absolute atomic E-state index is 0.0885. The van der Waals surface area contributed by atoms with Crippen LogP contribution in [-0.2, 0) is 0 Å². The van der Waals surface area contributed by atoms with Crippen LogP contribution in [0.5, 0.6) is 5.75 Å². The van der Waals surface area contributed by atoms with E-state index >= 15 is 0 Å². The first-order valence-electron chi connectivity index (χ1n) is 7.90. The van der Waals surface area contributed by atoms with Gasteiger partial charge in [0.05, 0.1) is 12.1 Å². The van der Waals surface area contributed by atoms with E-state index in [-0.39, 0.29) is 17.7 Å². The van der Waals surface area contributed by atoms with Crippen LogP contribution in [0.4, 0.5) is 0 Å². The molecule has 1 aliphatic carbocycles. The van der Waals surface area contributed by atoms with E-state index in [1.165, 1.54) is 31.2 Å². The highest BCUT2D eigenvalue weighted by Crippen LogP contribution is 2.43. The summed E-state index contributed by atoms with van der Waals surface area (Å²) in [6, 6.07) is 8.43. The van der Waals surface area contributed by atoms with E-state index in [0.29, 0.717) is 0 Å². The van der Waals surface area contributed by atoms with E-state index in [9.17, 15) is 0 Å². The van der Waals surface area contributed by atoms with Crippen molar-refractivity contribution in [1.82, 2.24) is 10.3 Å². The molecule has 0 spiro atoms. The highest BCUT2D eigenvalue weighted by Gasteiger charge is 2.43. The van der Waals surface area contributed by atoms with E-state index < -0.39 is 0 Å². The predicted molar refractivity (Wildman–Crippen MR) is 87.2 cm³/mol. The zero-order valence-corrected chi connectivity index (χ0v) is 13.7. The summed E-state index contributed by atoms with van der Waals surface area (Å²) in [5.41, 5.74) is 4.35. The van der Waals surface area contributed by atoms with Gasteiger partial charge >= 0.3 is 0 Å². The molecule has 1 aromatic rings. The van der Waals surface area contributed by atoms with Gasteiger partial charge in [-0.1, -0.05) is 25.0 Å². The van der Waals surface area contributed by atoms with Crippen molar-refractivity contribution in [3.63, 3.8) is 0 Å². The van der Waals surface area contributed by atoms with Gasteiger partial charge in [0.15, 0.2) is 0 Å². The van der Waals surface area contributed by atoms with E-state index in [1.54, 1.807) is 0 Å². The van der Waals surface area contributed by atoms with Crippen LogP contribution in [0.2, 0.25) is 0 Å². The molecule has 1 aromatic carbocycles. The Morgan fingerprint density at radius 1 is 1.24 bits per heavy atom. The maximum absolute atomic E-state index is 5.94. The molecule has 4 heteroatoms. The lowest BCUT2D eigenvalue weighted by Crippen LogP contribution is -2.53. The number of nitrogens with zero attached hydrogens (tertiary/aromatic N) is 1. The smallest absolute Gasteiger partial charge is 0.120 e. The second kappa shape index (κ2) is 6.77. The Morgan fingerprint density at radius 2 is 1.90 bits per heavy atom. The molecule has 0 heterocycles. The van der Waals surface area contributed by atoms with Crippen LogP contribution in [0.1, 0.15) is 51.1 Å². The maximum atomic E-state index is 5.94. The third-order valence-electron chi connectivity index (χ3n) is 4.63. The van der Waals surface area contributed by atoms with Crippen molar-refractivity contribution in [3.05, 3.63) is 29.8 Å². The fourth-order valence-electron chi connectivity index (χ4n) is 3.58. The summed E-state index contributed by atoms with van der Waals surface area (Å²) < 4.78 is 5.82. The van der Waals surface area contributed by atoms with Crippen molar-refractivity contribution in [2.45, 2.75) is 57.2 Å². The lowest BCUT2D eigenvalue weighted by atomic mass is 9.83. The SMILES string of the molecule is CC(C)Oc1cccc(C(NN)C2(N(C)C)CCCC2)c1. The first-order chi connectivity index (χ1) is 9.99. The van der Waals surface area contributed by atoms with Crippen LogP contribution in [-0.4, -0.2) is 30.6 Å². The van der Waals surface area contributed by atoms with E-state index in [1.807, 2.05) is 19.9 Å². The molecule has 3 N–H and O–H groups in total. The highest BCUT2D eigenvalue weighted by molar-refractivity contribution is 5.33. The third-order valence-corrected chi connectivity index (χ3v) is 4.63. The Bertz CT molecular complexity index is 453. The van der Waals surface area contributed by atoms with Gasteiger partial charge in [0.2, 0.25) is 0 Å². The van der Waals surface area contributed by atoms with Crippen LogP contribution < -0.4 is 16.0 Å². The first kappa shape index (κ1) is 16.3. The van der Waals surface area contributed by atoms with Crippen LogP contribution in [0, 0.1) is 0 Å². The standard InChI is InChI=1S/C17H29N3O/c1-13(2)21-15-9-7-8-14(12-15)16(19-18)17(20(3)4)10-5-6-11-17/h7-9,12-13,16,19H,5-6,10-11,18H2,1-4H3. The van der Waals surface area contributed by atoms with Crippen molar-refractivity contribution < 1.29 is 4.74 Å². The summed E-state index contributed by atoms with van der Waals surface area (Å²) in [4.78, 5) is 2.33. The normalized spacial score (nSPS) is 19.2. The molecule has 4 nitrogen and oxygen atoms in total. The number of nitrogens with one attached hydrogen (secondary N) is 1. The first-order valence-corrected chi connectivity index (χ1v) is 7.90. The summed E-state index contributed by atoms with van der Waals surface area (Å²) in [6.07, 6.45) is 5.05. The zero-order valence-electron chi connectivity index (χ0n) is 13.7. The fraction of sp³-hybridized carbons (Fsp3) is 0.647. The van der Waals surface area contributed by atoms with Gasteiger partial charge in [-0.3, -0.25) is 11.3 Å². The molecule has 2 rings (SSSR count). The number of nitrogens with two attached hydrogens (primary N) is 1. The van der Waals surface area contributed by atoms with Gasteiger partial charge in [-0.05, 0) is 58.5 Å². The summed E-state index contributed by atoms with van der Waals surface area (Å²) in [7, 11) is 4.31. The summed E-state index contributed by atoms with van der Waals surface area (Å²) >= 11 is 0. The van der Waals surface area contributed by atoms with Crippen LogP contribution >= 0.6 is 0 Å². The molecule has 0 amide bonds.